The Hall–Kier alpha value is -1.55. The topological polar surface area (TPSA) is 67.2 Å². The van der Waals surface area contributed by atoms with Crippen LogP contribution in [0.4, 0.5) is 5.69 Å². The highest BCUT2D eigenvalue weighted by molar-refractivity contribution is 5.94. The first-order valence-corrected chi connectivity index (χ1v) is 6.54. The van der Waals surface area contributed by atoms with Gasteiger partial charge in [-0.25, -0.2) is 0 Å². The molecule has 1 fully saturated rings. The molecule has 1 aliphatic rings. The van der Waals surface area contributed by atoms with Gasteiger partial charge in [0.1, 0.15) is 0 Å². The number of amides is 1. The molecule has 1 aliphatic heterocycles. The number of nitrogens with two attached hydrogens (primary N) is 1. The van der Waals surface area contributed by atoms with Crippen LogP contribution in [0.5, 0.6) is 0 Å². The van der Waals surface area contributed by atoms with Gasteiger partial charge < -0.3 is 16.4 Å². The van der Waals surface area contributed by atoms with E-state index in [2.05, 4.69) is 10.6 Å². The van der Waals surface area contributed by atoms with Crippen LogP contribution in [0.1, 0.15) is 35.2 Å². The van der Waals surface area contributed by atoms with Crippen LogP contribution in [-0.2, 0) is 0 Å². The van der Waals surface area contributed by atoms with Crippen LogP contribution >= 0.6 is 0 Å². The van der Waals surface area contributed by atoms with Crippen molar-refractivity contribution in [1.82, 2.24) is 5.32 Å². The van der Waals surface area contributed by atoms with E-state index in [1.54, 1.807) is 6.07 Å². The number of primary amides is 1. The molecule has 18 heavy (non-hydrogen) atoms. The molecule has 0 aromatic heterocycles. The van der Waals surface area contributed by atoms with Crippen molar-refractivity contribution < 1.29 is 4.79 Å². The number of carbonyl (C=O) groups excluding carboxylic acids is 1. The van der Waals surface area contributed by atoms with Gasteiger partial charge in [0.2, 0.25) is 5.91 Å². The van der Waals surface area contributed by atoms with Gasteiger partial charge in [-0.2, -0.15) is 0 Å². The van der Waals surface area contributed by atoms with Crippen LogP contribution < -0.4 is 16.4 Å². The maximum atomic E-state index is 11.1. The van der Waals surface area contributed by atoms with Crippen LogP contribution in [-0.4, -0.2) is 25.0 Å². The molecule has 98 valence electrons. The van der Waals surface area contributed by atoms with E-state index in [4.69, 9.17) is 5.73 Å². The first-order valence-electron chi connectivity index (χ1n) is 6.54. The molecule has 1 saturated heterocycles. The molecule has 4 nitrogen and oxygen atoms in total. The van der Waals surface area contributed by atoms with Crippen molar-refractivity contribution in [3.63, 3.8) is 0 Å². The van der Waals surface area contributed by atoms with Crippen LogP contribution in [0.15, 0.2) is 18.2 Å². The molecule has 0 radical (unpaired) electrons. The fourth-order valence-corrected chi connectivity index (χ4v) is 2.44. The molecular formula is C14H21N3O. The normalized spacial score (nSPS) is 18.8. The minimum absolute atomic E-state index is 0.366. The molecule has 1 heterocycles. The van der Waals surface area contributed by atoms with E-state index in [1.807, 2.05) is 19.1 Å². The third-order valence-corrected chi connectivity index (χ3v) is 3.48. The van der Waals surface area contributed by atoms with E-state index in [0.717, 1.165) is 30.8 Å². The summed E-state index contributed by atoms with van der Waals surface area (Å²) in [4.78, 5) is 11.1. The predicted octanol–water partition coefficient (Wildman–Crippen LogP) is 1.65. The zero-order valence-corrected chi connectivity index (χ0v) is 10.8. The number of hydrogen-bond donors (Lipinski definition) is 3. The first kappa shape index (κ1) is 12.9. The first-order chi connectivity index (χ1) is 8.66. The van der Waals surface area contributed by atoms with Gasteiger partial charge in [-0.3, -0.25) is 4.79 Å². The van der Waals surface area contributed by atoms with Crippen molar-refractivity contribution in [3.8, 4) is 0 Å². The number of hydrogen-bond acceptors (Lipinski definition) is 3. The summed E-state index contributed by atoms with van der Waals surface area (Å²) < 4.78 is 0. The Morgan fingerprint density at radius 2 is 2.39 bits per heavy atom. The Kier molecular flexibility index (Phi) is 4.20. The SMILES string of the molecule is Cc1cc(NCC[C@@H]2CCCN2)ccc1C(N)=O. The van der Waals surface area contributed by atoms with Crippen LogP contribution in [0.3, 0.4) is 0 Å². The monoisotopic (exact) mass is 247 g/mol. The lowest BCUT2D eigenvalue weighted by atomic mass is 10.1. The number of aryl methyl sites for hydroxylation is 1. The predicted molar refractivity (Wildman–Crippen MR) is 73.8 cm³/mol. The molecule has 0 aliphatic carbocycles. The molecule has 2 rings (SSSR count). The highest BCUT2D eigenvalue weighted by Crippen LogP contribution is 2.15. The second kappa shape index (κ2) is 5.87. The van der Waals surface area contributed by atoms with Crippen LogP contribution in [0, 0.1) is 6.92 Å². The van der Waals surface area contributed by atoms with Gasteiger partial charge in [-0.15, -0.1) is 0 Å². The molecule has 4 N–H and O–H groups in total. The number of benzene rings is 1. The third kappa shape index (κ3) is 3.23. The van der Waals surface area contributed by atoms with Crippen molar-refractivity contribution in [3.05, 3.63) is 29.3 Å². The van der Waals surface area contributed by atoms with Crippen molar-refractivity contribution >= 4 is 11.6 Å². The average Bonchev–Trinajstić information content (AvgIpc) is 2.81. The number of anilines is 1. The van der Waals surface area contributed by atoms with Gasteiger partial charge in [0.15, 0.2) is 0 Å². The van der Waals surface area contributed by atoms with E-state index in [-0.39, 0.29) is 5.91 Å². The quantitative estimate of drug-likeness (QED) is 0.741. The van der Waals surface area contributed by atoms with Gasteiger partial charge in [0, 0.05) is 23.8 Å². The van der Waals surface area contributed by atoms with Crippen molar-refractivity contribution in [2.45, 2.75) is 32.2 Å². The minimum Gasteiger partial charge on any atom is -0.385 e. The highest BCUT2D eigenvalue weighted by atomic mass is 16.1. The number of rotatable bonds is 5. The zero-order chi connectivity index (χ0) is 13.0. The van der Waals surface area contributed by atoms with Gasteiger partial charge in [-0.05, 0) is 56.5 Å². The second-order valence-corrected chi connectivity index (χ2v) is 4.90. The van der Waals surface area contributed by atoms with Gasteiger partial charge in [0.25, 0.3) is 0 Å². The summed E-state index contributed by atoms with van der Waals surface area (Å²) in [5.41, 5.74) is 7.85. The third-order valence-electron chi connectivity index (χ3n) is 3.48. The minimum atomic E-state index is -0.366. The van der Waals surface area contributed by atoms with Crippen molar-refractivity contribution in [1.29, 1.82) is 0 Å². The second-order valence-electron chi connectivity index (χ2n) is 4.90. The molecule has 0 saturated carbocycles. The van der Waals surface area contributed by atoms with Crippen LogP contribution in [0.2, 0.25) is 0 Å². The Bertz CT molecular complexity index is 425. The van der Waals surface area contributed by atoms with E-state index >= 15 is 0 Å². The summed E-state index contributed by atoms with van der Waals surface area (Å²) in [5.74, 6) is -0.366. The smallest absolute Gasteiger partial charge is 0.248 e. The Balaban J connectivity index is 1.85. The molecular weight excluding hydrogens is 226 g/mol. The Labute approximate surface area is 108 Å². The summed E-state index contributed by atoms with van der Waals surface area (Å²) in [6.07, 6.45) is 3.70. The lowest BCUT2D eigenvalue weighted by Crippen LogP contribution is -2.24. The van der Waals surface area contributed by atoms with Crippen LogP contribution in [0.25, 0.3) is 0 Å². The molecule has 0 spiro atoms. The van der Waals surface area contributed by atoms with Crippen molar-refractivity contribution in [2.75, 3.05) is 18.4 Å². The molecule has 1 atom stereocenters. The van der Waals surface area contributed by atoms with E-state index in [0.29, 0.717) is 11.6 Å². The van der Waals surface area contributed by atoms with Gasteiger partial charge in [0.05, 0.1) is 0 Å². The molecule has 1 aromatic carbocycles. The average molecular weight is 247 g/mol. The van der Waals surface area contributed by atoms with Gasteiger partial charge in [-0.1, -0.05) is 0 Å². The lowest BCUT2D eigenvalue weighted by Gasteiger charge is -2.12. The molecule has 0 unspecified atom stereocenters. The lowest BCUT2D eigenvalue weighted by molar-refractivity contribution is 0.1000. The van der Waals surface area contributed by atoms with Crippen molar-refractivity contribution in [2.24, 2.45) is 5.73 Å². The number of nitrogens with one attached hydrogen (secondary N) is 2. The fourth-order valence-electron chi connectivity index (χ4n) is 2.44. The highest BCUT2D eigenvalue weighted by Gasteiger charge is 2.13. The molecule has 1 aromatic rings. The summed E-state index contributed by atoms with van der Waals surface area (Å²) in [5, 5.41) is 6.86. The summed E-state index contributed by atoms with van der Waals surface area (Å²) >= 11 is 0. The molecule has 1 amide bonds. The molecule has 0 bridgehead atoms. The zero-order valence-electron chi connectivity index (χ0n) is 10.8. The molecule has 4 heteroatoms. The van der Waals surface area contributed by atoms with E-state index in [1.165, 1.54) is 12.8 Å². The Morgan fingerprint density at radius 1 is 1.56 bits per heavy atom. The summed E-state index contributed by atoms with van der Waals surface area (Å²) in [7, 11) is 0. The van der Waals surface area contributed by atoms with E-state index in [9.17, 15) is 4.79 Å². The summed E-state index contributed by atoms with van der Waals surface area (Å²) in [6, 6.07) is 6.33. The summed E-state index contributed by atoms with van der Waals surface area (Å²) in [6.45, 7) is 4.01. The number of carbonyl (C=O) groups is 1. The maximum Gasteiger partial charge on any atom is 0.248 e. The largest absolute Gasteiger partial charge is 0.385 e. The Morgan fingerprint density at radius 3 is 3.00 bits per heavy atom. The standard InChI is InChI=1S/C14H21N3O/c1-10-9-12(4-5-13(10)14(15)18)17-8-6-11-3-2-7-16-11/h4-5,9,11,16-17H,2-3,6-8H2,1H3,(H2,15,18)/t11-/m0/s1. The van der Waals surface area contributed by atoms with Gasteiger partial charge >= 0.3 is 0 Å². The maximum absolute atomic E-state index is 11.1. The van der Waals surface area contributed by atoms with E-state index < -0.39 is 0 Å². The fraction of sp³-hybridized carbons (Fsp3) is 0.500.